The second-order valence-electron chi connectivity index (χ2n) is 10.0. The quantitative estimate of drug-likeness (QED) is 0.619. The third-order valence-corrected chi connectivity index (χ3v) is 49.9. The van der Waals surface area contributed by atoms with Crippen molar-refractivity contribution in [1.29, 1.82) is 0 Å². The SMILES string of the molecule is C[Si](C)(C)C[SiH]([SiH3])[SiH](C[Si](C)(C)C)C[Si](C)(C)C. The molecule has 0 amide bonds. The summed E-state index contributed by atoms with van der Waals surface area (Å²) in [6, 6.07) is 0. The molecule has 0 aliphatic rings. The highest BCUT2D eigenvalue weighted by molar-refractivity contribution is 7.46. The van der Waals surface area contributed by atoms with Gasteiger partial charge in [-0.05, 0) is 9.76 Å². The van der Waals surface area contributed by atoms with Crippen LogP contribution in [0, 0.1) is 0 Å². The van der Waals surface area contributed by atoms with Crippen LogP contribution < -0.4 is 0 Å². The van der Waals surface area contributed by atoms with Crippen molar-refractivity contribution in [1.82, 2.24) is 0 Å². The fourth-order valence-corrected chi connectivity index (χ4v) is 83.0. The summed E-state index contributed by atoms with van der Waals surface area (Å²) >= 11 is 0. The summed E-state index contributed by atoms with van der Waals surface area (Å²) < 4.78 is 0. The molecule has 0 radical (unpaired) electrons. The van der Waals surface area contributed by atoms with Crippen molar-refractivity contribution in [2.24, 2.45) is 0 Å². The van der Waals surface area contributed by atoms with E-state index in [0.29, 0.717) is 0 Å². The molecule has 0 nitrogen and oxygen atoms in total. The average Bonchev–Trinajstić information content (AvgIpc) is 1.93. The van der Waals surface area contributed by atoms with Gasteiger partial charge in [0.2, 0.25) is 0 Å². The van der Waals surface area contributed by atoms with Crippen molar-refractivity contribution in [2.75, 3.05) is 0 Å². The molecular formula is C12H38Si6. The number of hydrogen-bond acceptors (Lipinski definition) is 0. The van der Waals surface area contributed by atoms with Crippen LogP contribution in [-0.4, -0.2) is 50.1 Å². The van der Waals surface area contributed by atoms with Crippen LogP contribution in [0.5, 0.6) is 0 Å². The molecule has 0 aromatic heterocycles. The fraction of sp³-hybridized carbons (Fsp3) is 1.00. The fourth-order valence-electron chi connectivity index (χ4n) is 3.18. The van der Waals surface area contributed by atoms with E-state index < -0.39 is 24.2 Å². The normalized spacial score (nSPS) is 16.3. The Hall–Kier alpha value is 1.30. The molecule has 0 heterocycles. The Morgan fingerprint density at radius 2 is 0.889 bits per heavy atom. The van der Waals surface area contributed by atoms with Gasteiger partial charge < -0.3 is 0 Å². The van der Waals surface area contributed by atoms with E-state index in [-0.39, 0.29) is 16.1 Å². The molecule has 0 aliphatic heterocycles. The van der Waals surface area contributed by atoms with Gasteiger partial charge in [-0.1, -0.05) is 75.9 Å². The topological polar surface area (TPSA) is 0 Å². The van der Waals surface area contributed by atoms with Crippen LogP contribution in [0.1, 0.15) is 0 Å². The third-order valence-electron chi connectivity index (χ3n) is 3.49. The minimum Gasteiger partial charge on any atom is -0.0698 e. The standard InChI is InChI=1S/C12H38Si6/c1-16(2,3)10-14(11-17(4,5)6)15(13)12-18(7,8)9/h14-15H,10-12H2,1-9,13H3. The zero-order valence-electron chi connectivity index (χ0n) is 14.8. The summed E-state index contributed by atoms with van der Waals surface area (Å²) in [5.74, 6) is 0. The molecule has 1 unspecified atom stereocenters. The van der Waals surface area contributed by atoms with Crippen molar-refractivity contribution in [3.8, 4) is 0 Å². The first-order chi connectivity index (χ1) is 7.70. The van der Waals surface area contributed by atoms with E-state index in [1.165, 1.54) is 0 Å². The van der Waals surface area contributed by atoms with Crippen molar-refractivity contribution in [3.05, 3.63) is 0 Å². The van der Waals surface area contributed by atoms with Crippen molar-refractivity contribution in [3.63, 3.8) is 0 Å². The first-order valence-electron chi connectivity index (χ1n) is 7.70. The first kappa shape index (κ1) is 19.3. The highest BCUT2D eigenvalue weighted by atomic mass is 29.6. The maximum atomic E-state index is 2.62. The summed E-state index contributed by atoms with van der Waals surface area (Å²) in [7, 11) is -1.31. The van der Waals surface area contributed by atoms with Crippen LogP contribution >= 0.6 is 0 Å². The van der Waals surface area contributed by atoms with Crippen LogP contribution in [0.3, 0.4) is 0 Å². The van der Waals surface area contributed by atoms with E-state index in [0.717, 1.165) is 0 Å². The molecule has 0 saturated heterocycles. The van der Waals surface area contributed by atoms with Gasteiger partial charge in [-0.25, -0.2) is 0 Å². The van der Waals surface area contributed by atoms with E-state index in [1.807, 2.05) is 0 Å². The van der Waals surface area contributed by atoms with Gasteiger partial charge in [0.25, 0.3) is 0 Å². The maximum absolute atomic E-state index is 2.62. The maximum Gasteiger partial charge on any atom is 0.0411 e. The predicted molar refractivity (Wildman–Crippen MR) is 109 cm³/mol. The Morgan fingerprint density at radius 1 is 0.611 bits per heavy atom. The van der Waals surface area contributed by atoms with Gasteiger partial charge in [0, 0.05) is 40.4 Å². The average molecular weight is 351 g/mol. The molecule has 110 valence electrons. The molecular weight excluding hydrogens is 313 g/mol. The summed E-state index contributed by atoms with van der Waals surface area (Å²) in [5, 5.41) is 0. The second-order valence-corrected chi connectivity index (χ2v) is 48.5. The second kappa shape index (κ2) is 6.84. The molecule has 0 fully saturated rings. The Labute approximate surface area is 126 Å². The third kappa shape index (κ3) is 11.2. The van der Waals surface area contributed by atoms with Gasteiger partial charge in [-0.2, -0.15) is 0 Å². The minimum atomic E-state index is -0.802. The lowest BCUT2D eigenvalue weighted by Crippen LogP contribution is -2.49. The molecule has 6 heteroatoms. The molecule has 18 heavy (non-hydrogen) atoms. The Kier molecular flexibility index (Phi) is 7.33. The zero-order chi connectivity index (χ0) is 14.8. The summed E-state index contributed by atoms with van der Waals surface area (Å²) in [5.41, 5.74) is 5.34. The minimum absolute atomic E-state index is 0.233. The lowest BCUT2D eigenvalue weighted by atomic mass is 11.7. The van der Waals surface area contributed by atoms with E-state index >= 15 is 0 Å². The molecule has 0 bridgehead atoms. The summed E-state index contributed by atoms with van der Waals surface area (Å²) in [4.78, 5) is 0. The molecule has 0 saturated carbocycles. The Balaban J connectivity index is 4.75. The van der Waals surface area contributed by atoms with E-state index in [4.69, 9.17) is 0 Å². The number of hydrogen-bond donors (Lipinski definition) is 0. The van der Waals surface area contributed by atoms with Gasteiger partial charge >= 0.3 is 0 Å². The zero-order valence-corrected chi connectivity index (χ0v) is 22.1. The van der Waals surface area contributed by atoms with Gasteiger partial charge in [0.1, 0.15) is 0 Å². The van der Waals surface area contributed by atoms with Gasteiger partial charge in [-0.15, -0.1) is 0 Å². The van der Waals surface area contributed by atoms with Gasteiger partial charge in [-0.3, -0.25) is 0 Å². The van der Waals surface area contributed by atoms with Gasteiger partial charge in [0.15, 0.2) is 0 Å². The van der Waals surface area contributed by atoms with E-state index in [9.17, 15) is 0 Å². The lowest BCUT2D eigenvalue weighted by molar-refractivity contribution is 1.54. The molecule has 0 rings (SSSR count). The Morgan fingerprint density at radius 3 is 1.11 bits per heavy atom. The van der Waals surface area contributed by atoms with E-state index in [1.54, 1.807) is 26.8 Å². The molecule has 0 N–H and O–H groups in total. The largest absolute Gasteiger partial charge is 0.0698 e. The van der Waals surface area contributed by atoms with Crippen LogP contribution in [0.25, 0.3) is 0 Å². The van der Waals surface area contributed by atoms with Crippen molar-refractivity contribution >= 4 is 50.1 Å². The lowest BCUT2D eigenvalue weighted by Gasteiger charge is -2.34. The highest BCUT2D eigenvalue weighted by Crippen LogP contribution is 2.23. The van der Waals surface area contributed by atoms with Crippen LogP contribution in [0.2, 0.25) is 75.9 Å². The smallest absolute Gasteiger partial charge is 0.0411 e. The monoisotopic (exact) mass is 350 g/mol. The van der Waals surface area contributed by atoms with Crippen LogP contribution in [-0.2, 0) is 0 Å². The summed E-state index contributed by atoms with van der Waals surface area (Å²) in [6.07, 6.45) is 0. The van der Waals surface area contributed by atoms with Crippen LogP contribution in [0.15, 0.2) is 0 Å². The van der Waals surface area contributed by atoms with E-state index in [2.05, 4.69) is 58.9 Å². The van der Waals surface area contributed by atoms with Crippen molar-refractivity contribution in [2.45, 2.75) is 75.9 Å². The van der Waals surface area contributed by atoms with Crippen LogP contribution in [0.4, 0.5) is 0 Å². The highest BCUT2D eigenvalue weighted by Gasteiger charge is 2.33. The Bertz CT molecular complexity index is 229. The molecule has 0 aromatic rings. The molecule has 1 atom stereocenters. The first-order valence-corrected chi connectivity index (χ1v) is 28.6. The van der Waals surface area contributed by atoms with Gasteiger partial charge in [0.05, 0.1) is 0 Å². The molecule has 0 spiro atoms. The predicted octanol–water partition coefficient (Wildman–Crippen LogP) is 3.01. The molecule has 0 aromatic carbocycles. The molecule has 0 aliphatic carbocycles. The van der Waals surface area contributed by atoms with Crippen molar-refractivity contribution < 1.29 is 0 Å². The summed E-state index contributed by atoms with van der Waals surface area (Å²) in [6.45, 7) is 23.5. The number of rotatable bonds is 7.